The van der Waals surface area contributed by atoms with Crippen LogP contribution in [0.4, 0.5) is 16.4 Å². The number of nitrogens with one attached hydrogen (secondary N) is 2. The fourth-order valence-corrected chi connectivity index (χ4v) is 3.09. The van der Waals surface area contributed by atoms with Crippen molar-refractivity contribution in [3.05, 3.63) is 42.9 Å². The van der Waals surface area contributed by atoms with Gasteiger partial charge in [-0.25, -0.2) is 23.2 Å². The summed E-state index contributed by atoms with van der Waals surface area (Å²) in [6.45, 7) is 3.98. The van der Waals surface area contributed by atoms with Gasteiger partial charge in [-0.15, -0.1) is 10.2 Å². The minimum absolute atomic E-state index is 0.0231. The standard InChI is InChI=1S/C16H16ClN7O3S/c1-10(2)24-9-19-23-15(24)12-4-3-5-13(20-12)21-16(25)22-14-8-11(6-7-18-14)28(17,26)27/h3-10H,1-2H3,(H2,18,20,21,22,25). The molecular formula is C16H16ClN7O3S. The van der Waals surface area contributed by atoms with Gasteiger partial charge in [0.25, 0.3) is 9.05 Å². The molecule has 2 amide bonds. The van der Waals surface area contributed by atoms with Crippen LogP contribution < -0.4 is 10.6 Å². The summed E-state index contributed by atoms with van der Waals surface area (Å²) < 4.78 is 24.6. The van der Waals surface area contributed by atoms with Gasteiger partial charge in [0.05, 0.1) is 4.90 Å². The van der Waals surface area contributed by atoms with E-state index in [9.17, 15) is 13.2 Å². The molecule has 3 aromatic heterocycles. The van der Waals surface area contributed by atoms with E-state index in [0.717, 1.165) is 6.07 Å². The van der Waals surface area contributed by atoms with Gasteiger partial charge in [0.15, 0.2) is 5.82 Å². The zero-order chi connectivity index (χ0) is 20.3. The lowest BCUT2D eigenvalue weighted by atomic mass is 10.3. The topological polar surface area (TPSA) is 132 Å². The summed E-state index contributed by atoms with van der Waals surface area (Å²) in [7, 11) is 1.36. The zero-order valence-electron chi connectivity index (χ0n) is 14.9. The van der Waals surface area contributed by atoms with E-state index in [-0.39, 0.29) is 22.6 Å². The largest absolute Gasteiger partial charge is 0.326 e. The summed E-state index contributed by atoms with van der Waals surface area (Å²) in [5.41, 5.74) is 0.539. The molecule has 3 heterocycles. The normalized spacial score (nSPS) is 11.4. The molecule has 0 aromatic carbocycles. The lowest BCUT2D eigenvalue weighted by Gasteiger charge is -2.11. The van der Waals surface area contributed by atoms with Gasteiger partial charge in [0.1, 0.15) is 23.7 Å². The molecule has 3 aromatic rings. The average molecular weight is 422 g/mol. The van der Waals surface area contributed by atoms with Crippen molar-refractivity contribution >= 4 is 37.4 Å². The highest BCUT2D eigenvalue weighted by Gasteiger charge is 2.14. The van der Waals surface area contributed by atoms with Crippen LogP contribution in [-0.2, 0) is 9.05 Å². The van der Waals surface area contributed by atoms with Crippen molar-refractivity contribution in [1.29, 1.82) is 0 Å². The van der Waals surface area contributed by atoms with Gasteiger partial charge >= 0.3 is 6.03 Å². The number of aromatic nitrogens is 5. The quantitative estimate of drug-likeness (QED) is 0.605. The fourth-order valence-electron chi connectivity index (χ4n) is 2.33. The Morgan fingerprint density at radius 3 is 2.64 bits per heavy atom. The molecule has 0 bridgehead atoms. The summed E-state index contributed by atoms with van der Waals surface area (Å²) in [5, 5.41) is 13.0. The molecule has 0 aliphatic carbocycles. The summed E-state index contributed by atoms with van der Waals surface area (Å²) in [6.07, 6.45) is 2.83. The molecule has 10 nitrogen and oxygen atoms in total. The number of amides is 2. The first kappa shape index (κ1) is 19.7. The lowest BCUT2D eigenvalue weighted by molar-refractivity contribution is 0.262. The predicted molar refractivity (Wildman–Crippen MR) is 104 cm³/mol. The Morgan fingerprint density at radius 2 is 1.93 bits per heavy atom. The average Bonchev–Trinajstić information content (AvgIpc) is 3.11. The second kappa shape index (κ2) is 7.90. The molecule has 12 heteroatoms. The lowest BCUT2D eigenvalue weighted by Crippen LogP contribution is -2.21. The van der Waals surface area contributed by atoms with Crippen molar-refractivity contribution in [1.82, 2.24) is 24.7 Å². The van der Waals surface area contributed by atoms with Gasteiger partial charge in [0.2, 0.25) is 0 Å². The molecule has 0 atom stereocenters. The molecule has 0 aliphatic heterocycles. The summed E-state index contributed by atoms with van der Waals surface area (Å²) in [6, 6.07) is 6.94. The van der Waals surface area contributed by atoms with Crippen LogP contribution >= 0.6 is 10.7 Å². The molecule has 0 aliphatic rings. The number of urea groups is 1. The Balaban J connectivity index is 1.76. The van der Waals surface area contributed by atoms with E-state index in [0.29, 0.717) is 11.5 Å². The van der Waals surface area contributed by atoms with Crippen molar-refractivity contribution < 1.29 is 13.2 Å². The van der Waals surface area contributed by atoms with E-state index in [1.54, 1.807) is 24.5 Å². The van der Waals surface area contributed by atoms with E-state index in [4.69, 9.17) is 10.7 Å². The molecule has 0 saturated heterocycles. The van der Waals surface area contributed by atoms with E-state index in [1.165, 1.54) is 12.3 Å². The molecule has 0 saturated carbocycles. The van der Waals surface area contributed by atoms with Crippen LogP contribution in [0.2, 0.25) is 0 Å². The number of rotatable bonds is 5. The van der Waals surface area contributed by atoms with Gasteiger partial charge in [-0.1, -0.05) is 6.07 Å². The monoisotopic (exact) mass is 421 g/mol. The number of carbonyl (C=O) groups excluding carboxylic acids is 1. The van der Waals surface area contributed by atoms with Crippen LogP contribution in [0.25, 0.3) is 11.5 Å². The Labute approximate surface area is 165 Å². The van der Waals surface area contributed by atoms with Crippen LogP contribution in [0, 0.1) is 0 Å². The minimum Gasteiger partial charge on any atom is -0.310 e. The Hall–Kier alpha value is -3.05. The third-order valence-corrected chi connectivity index (χ3v) is 4.96. The van der Waals surface area contributed by atoms with Gasteiger partial charge < -0.3 is 4.57 Å². The van der Waals surface area contributed by atoms with Gasteiger partial charge in [-0.3, -0.25) is 10.6 Å². The molecule has 2 N–H and O–H groups in total. The minimum atomic E-state index is -3.93. The highest BCUT2D eigenvalue weighted by Crippen LogP contribution is 2.20. The molecular weight excluding hydrogens is 406 g/mol. The second-order valence-electron chi connectivity index (χ2n) is 5.96. The van der Waals surface area contributed by atoms with Crippen molar-refractivity contribution in [2.24, 2.45) is 0 Å². The number of pyridine rings is 2. The third kappa shape index (κ3) is 4.61. The molecule has 146 valence electrons. The smallest absolute Gasteiger partial charge is 0.310 e. The fraction of sp³-hybridized carbons (Fsp3) is 0.188. The Kier molecular flexibility index (Phi) is 5.56. The highest BCUT2D eigenvalue weighted by atomic mass is 35.7. The maximum atomic E-state index is 12.2. The number of carbonyl (C=O) groups is 1. The van der Waals surface area contributed by atoms with Crippen molar-refractivity contribution in [3.63, 3.8) is 0 Å². The molecule has 3 rings (SSSR count). The first-order valence-electron chi connectivity index (χ1n) is 8.09. The molecule has 0 unspecified atom stereocenters. The second-order valence-corrected chi connectivity index (χ2v) is 8.52. The van der Waals surface area contributed by atoms with E-state index >= 15 is 0 Å². The van der Waals surface area contributed by atoms with Crippen molar-refractivity contribution in [2.75, 3.05) is 10.6 Å². The number of halogens is 1. The summed E-state index contributed by atoms with van der Waals surface area (Å²) >= 11 is 0. The number of nitrogens with zero attached hydrogens (tertiary/aromatic N) is 5. The van der Waals surface area contributed by atoms with Gasteiger partial charge in [-0.2, -0.15) is 0 Å². The van der Waals surface area contributed by atoms with Crippen LogP contribution in [-0.4, -0.2) is 39.2 Å². The summed E-state index contributed by atoms with van der Waals surface area (Å²) in [4.78, 5) is 20.3. The predicted octanol–water partition coefficient (Wildman–Crippen LogP) is 2.89. The maximum absolute atomic E-state index is 12.2. The molecule has 0 radical (unpaired) electrons. The zero-order valence-corrected chi connectivity index (χ0v) is 16.4. The molecule has 0 spiro atoms. The van der Waals surface area contributed by atoms with Gasteiger partial charge in [-0.05, 0) is 32.0 Å². The molecule has 0 fully saturated rings. The van der Waals surface area contributed by atoms with E-state index in [1.807, 2.05) is 18.4 Å². The van der Waals surface area contributed by atoms with E-state index in [2.05, 4.69) is 30.8 Å². The van der Waals surface area contributed by atoms with Crippen molar-refractivity contribution in [3.8, 4) is 11.5 Å². The van der Waals surface area contributed by atoms with Crippen LogP contribution in [0.3, 0.4) is 0 Å². The highest BCUT2D eigenvalue weighted by molar-refractivity contribution is 8.13. The Morgan fingerprint density at radius 1 is 1.18 bits per heavy atom. The van der Waals surface area contributed by atoms with Gasteiger partial charge in [0, 0.05) is 29.0 Å². The number of hydrogen-bond acceptors (Lipinski definition) is 7. The van der Waals surface area contributed by atoms with Crippen LogP contribution in [0.15, 0.2) is 47.8 Å². The Bertz CT molecular complexity index is 1110. The third-order valence-electron chi connectivity index (χ3n) is 3.60. The van der Waals surface area contributed by atoms with Crippen molar-refractivity contribution in [2.45, 2.75) is 24.8 Å². The van der Waals surface area contributed by atoms with Crippen LogP contribution in [0.1, 0.15) is 19.9 Å². The first-order chi connectivity index (χ1) is 13.2. The maximum Gasteiger partial charge on any atom is 0.326 e. The SMILES string of the molecule is CC(C)n1cnnc1-c1cccc(NC(=O)Nc2cc(S(=O)(=O)Cl)ccn2)n1. The number of hydrogen-bond donors (Lipinski definition) is 2. The first-order valence-corrected chi connectivity index (χ1v) is 10.4. The number of anilines is 2. The van der Waals surface area contributed by atoms with E-state index < -0.39 is 15.1 Å². The summed E-state index contributed by atoms with van der Waals surface area (Å²) in [5.74, 6) is 0.866. The molecule has 28 heavy (non-hydrogen) atoms. The van der Waals surface area contributed by atoms with Crippen LogP contribution in [0.5, 0.6) is 0 Å².